The minimum Gasteiger partial charge on any atom is -0.488 e. The van der Waals surface area contributed by atoms with E-state index < -0.39 is 11.6 Å². The number of hydrogen-bond acceptors (Lipinski definition) is 2. The normalized spacial score (nSPS) is 19.1. The molecule has 0 aromatic heterocycles. The number of halogens is 2. The van der Waals surface area contributed by atoms with Crippen molar-refractivity contribution in [1.29, 1.82) is 0 Å². The van der Waals surface area contributed by atoms with E-state index in [-0.39, 0.29) is 17.8 Å². The Balaban J connectivity index is 2.32. The first-order valence-corrected chi connectivity index (χ1v) is 4.96. The van der Waals surface area contributed by atoms with Crippen LogP contribution in [0.2, 0.25) is 0 Å². The van der Waals surface area contributed by atoms with Crippen molar-refractivity contribution in [3.63, 3.8) is 0 Å². The zero-order valence-corrected chi connectivity index (χ0v) is 8.68. The van der Waals surface area contributed by atoms with E-state index in [1.165, 1.54) is 0 Å². The molecule has 1 N–H and O–H groups in total. The van der Waals surface area contributed by atoms with Gasteiger partial charge in [0, 0.05) is 11.6 Å². The van der Waals surface area contributed by atoms with Gasteiger partial charge >= 0.3 is 0 Å². The van der Waals surface area contributed by atoms with E-state index in [9.17, 15) is 8.78 Å². The summed E-state index contributed by atoms with van der Waals surface area (Å²) in [6, 6.07) is 2.94. The van der Waals surface area contributed by atoms with Gasteiger partial charge in [0.15, 0.2) is 11.6 Å². The van der Waals surface area contributed by atoms with Crippen LogP contribution in [0, 0.1) is 11.6 Å². The third-order valence-electron chi connectivity index (χ3n) is 2.38. The standard InChI is InChI=1S/C11H13F2NO/c1-6(2)14-9-5-15-11-7(9)3-4-8(12)10(11)13/h3-4,6,9,14H,5H2,1-2H3. The molecule has 82 valence electrons. The van der Waals surface area contributed by atoms with Crippen molar-refractivity contribution in [3.05, 3.63) is 29.3 Å². The number of hydrogen-bond donors (Lipinski definition) is 1. The Kier molecular flexibility index (Phi) is 2.61. The highest BCUT2D eigenvalue weighted by atomic mass is 19.2. The SMILES string of the molecule is CC(C)NC1COc2c1ccc(F)c2F. The van der Waals surface area contributed by atoms with Gasteiger partial charge in [0.1, 0.15) is 6.61 Å². The second kappa shape index (κ2) is 3.77. The van der Waals surface area contributed by atoms with Crippen molar-refractivity contribution in [2.75, 3.05) is 6.61 Å². The lowest BCUT2D eigenvalue weighted by atomic mass is 10.1. The molecule has 4 heteroatoms. The van der Waals surface area contributed by atoms with Crippen LogP contribution in [0.25, 0.3) is 0 Å². The van der Waals surface area contributed by atoms with E-state index in [0.717, 1.165) is 6.07 Å². The molecule has 0 aliphatic carbocycles. The molecule has 15 heavy (non-hydrogen) atoms. The molecule has 1 heterocycles. The fourth-order valence-electron chi connectivity index (χ4n) is 1.76. The van der Waals surface area contributed by atoms with E-state index in [4.69, 9.17) is 4.74 Å². The number of rotatable bonds is 2. The molecule has 0 saturated carbocycles. The maximum Gasteiger partial charge on any atom is 0.200 e. The summed E-state index contributed by atoms with van der Waals surface area (Å²) in [5, 5.41) is 3.23. The molecule has 0 saturated heterocycles. The molecular weight excluding hydrogens is 200 g/mol. The molecule has 2 nitrogen and oxygen atoms in total. The van der Waals surface area contributed by atoms with Crippen LogP contribution in [0.4, 0.5) is 8.78 Å². The van der Waals surface area contributed by atoms with Gasteiger partial charge in [-0.1, -0.05) is 19.9 Å². The summed E-state index contributed by atoms with van der Waals surface area (Å²) in [5.74, 6) is -1.70. The quantitative estimate of drug-likeness (QED) is 0.814. The summed E-state index contributed by atoms with van der Waals surface area (Å²) < 4.78 is 31.3. The number of fused-ring (bicyclic) bond motifs is 1. The summed E-state index contributed by atoms with van der Waals surface area (Å²) in [4.78, 5) is 0. The van der Waals surface area contributed by atoms with Crippen LogP contribution in [0.1, 0.15) is 25.5 Å². The second-order valence-corrected chi connectivity index (χ2v) is 3.96. The molecule has 0 amide bonds. The Morgan fingerprint density at radius 1 is 1.40 bits per heavy atom. The van der Waals surface area contributed by atoms with Crippen LogP contribution in [0.15, 0.2) is 12.1 Å². The summed E-state index contributed by atoms with van der Waals surface area (Å²) in [6.45, 7) is 4.35. The lowest BCUT2D eigenvalue weighted by Crippen LogP contribution is -2.28. The predicted octanol–water partition coefficient (Wildman–Crippen LogP) is 2.40. The first kappa shape index (κ1) is 10.4. The summed E-state index contributed by atoms with van der Waals surface area (Å²) >= 11 is 0. The average molecular weight is 213 g/mol. The van der Waals surface area contributed by atoms with Gasteiger partial charge in [0.25, 0.3) is 0 Å². The van der Waals surface area contributed by atoms with Crippen molar-refractivity contribution in [3.8, 4) is 5.75 Å². The molecule has 0 fully saturated rings. The Hall–Kier alpha value is -1.16. The fourth-order valence-corrected chi connectivity index (χ4v) is 1.76. The third kappa shape index (κ3) is 1.81. The third-order valence-corrected chi connectivity index (χ3v) is 2.38. The highest BCUT2D eigenvalue weighted by Crippen LogP contribution is 2.35. The van der Waals surface area contributed by atoms with Crippen molar-refractivity contribution in [2.45, 2.75) is 25.9 Å². The first-order valence-electron chi connectivity index (χ1n) is 4.96. The lowest BCUT2D eigenvalue weighted by Gasteiger charge is -2.14. The number of benzene rings is 1. The van der Waals surface area contributed by atoms with Gasteiger partial charge in [-0.05, 0) is 6.07 Å². The number of ether oxygens (including phenoxy) is 1. The molecule has 1 aromatic carbocycles. The largest absolute Gasteiger partial charge is 0.488 e. The minimum atomic E-state index is -0.888. The number of nitrogens with one attached hydrogen (secondary N) is 1. The van der Waals surface area contributed by atoms with Crippen molar-refractivity contribution in [2.24, 2.45) is 0 Å². The molecule has 1 aliphatic rings. The van der Waals surface area contributed by atoms with Gasteiger partial charge in [0.2, 0.25) is 5.82 Å². The summed E-state index contributed by atoms with van der Waals surface area (Å²) in [5.41, 5.74) is 0.697. The Morgan fingerprint density at radius 2 is 2.13 bits per heavy atom. The molecule has 1 atom stereocenters. The Bertz CT molecular complexity index is 379. The monoisotopic (exact) mass is 213 g/mol. The Morgan fingerprint density at radius 3 is 2.80 bits per heavy atom. The van der Waals surface area contributed by atoms with Crippen LogP contribution in [0.5, 0.6) is 5.75 Å². The predicted molar refractivity (Wildman–Crippen MR) is 52.9 cm³/mol. The van der Waals surface area contributed by atoms with E-state index in [1.54, 1.807) is 6.07 Å². The highest BCUT2D eigenvalue weighted by molar-refractivity contribution is 5.41. The molecule has 1 aromatic rings. The smallest absolute Gasteiger partial charge is 0.200 e. The van der Waals surface area contributed by atoms with E-state index in [2.05, 4.69) is 5.32 Å². The van der Waals surface area contributed by atoms with Gasteiger partial charge in [0.05, 0.1) is 6.04 Å². The lowest BCUT2D eigenvalue weighted by molar-refractivity contribution is 0.290. The van der Waals surface area contributed by atoms with E-state index in [0.29, 0.717) is 12.2 Å². The molecule has 0 spiro atoms. The van der Waals surface area contributed by atoms with Crippen LogP contribution in [-0.4, -0.2) is 12.6 Å². The first-order chi connectivity index (χ1) is 7.09. The zero-order valence-electron chi connectivity index (χ0n) is 8.68. The molecule has 1 unspecified atom stereocenters. The minimum absolute atomic E-state index is 0.0462. The fraction of sp³-hybridized carbons (Fsp3) is 0.455. The van der Waals surface area contributed by atoms with Gasteiger partial charge < -0.3 is 10.1 Å². The highest BCUT2D eigenvalue weighted by Gasteiger charge is 2.28. The van der Waals surface area contributed by atoms with Gasteiger partial charge in [-0.15, -0.1) is 0 Å². The topological polar surface area (TPSA) is 21.3 Å². The van der Waals surface area contributed by atoms with Gasteiger partial charge in [-0.25, -0.2) is 4.39 Å². The van der Waals surface area contributed by atoms with Crippen molar-refractivity contribution in [1.82, 2.24) is 5.32 Å². The van der Waals surface area contributed by atoms with E-state index in [1.807, 2.05) is 13.8 Å². The van der Waals surface area contributed by atoms with Crippen LogP contribution < -0.4 is 10.1 Å². The van der Waals surface area contributed by atoms with Crippen LogP contribution in [-0.2, 0) is 0 Å². The Labute approximate surface area is 87.2 Å². The second-order valence-electron chi connectivity index (χ2n) is 3.96. The maximum absolute atomic E-state index is 13.3. The van der Waals surface area contributed by atoms with Crippen molar-refractivity contribution >= 4 is 0 Å². The zero-order chi connectivity index (χ0) is 11.0. The average Bonchev–Trinajstić information content (AvgIpc) is 2.55. The molecule has 2 rings (SSSR count). The molecule has 0 radical (unpaired) electrons. The molecule has 0 bridgehead atoms. The maximum atomic E-state index is 13.3. The van der Waals surface area contributed by atoms with Crippen LogP contribution in [0.3, 0.4) is 0 Å². The van der Waals surface area contributed by atoms with E-state index >= 15 is 0 Å². The van der Waals surface area contributed by atoms with Crippen molar-refractivity contribution < 1.29 is 13.5 Å². The summed E-state index contributed by atoms with van der Waals surface area (Å²) in [7, 11) is 0. The molecule has 1 aliphatic heterocycles. The summed E-state index contributed by atoms with van der Waals surface area (Å²) in [6.07, 6.45) is 0. The molecular formula is C11H13F2NO. The van der Waals surface area contributed by atoms with Gasteiger partial charge in [-0.2, -0.15) is 4.39 Å². The van der Waals surface area contributed by atoms with Gasteiger partial charge in [-0.3, -0.25) is 0 Å². The van der Waals surface area contributed by atoms with Crippen LogP contribution >= 0.6 is 0 Å².